The van der Waals surface area contributed by atoms with Crippen molar-refractivity contribution in [2.24, 2.45) is 0 Å². The molecule has 52 valence electrons. The van der Waals surface area contributed by atoms with Crippen LogP contribution in [0.5, 0.6) is 0 Å². The minimum absolute atomic E-state index is 0.161. The molecule has 1 aromatic rings. The molecule has 0 aliphatic carbocycles. The lowest BCUT2D eigenvalue weighted by atomic mass is 10.3. The molecule has 3 nitrogen and oxygen atoms in total. The lowest BCUT2D eigenvalue weighted by Crippen LogP contribution is -1.78. The maximum absolute atomic E-state index is 8.36. The Hall–Kier alpha value is -1.30. The van der Waals surface area contributed by atoms with Gasteiger partial charge in [0.25, 0.3) is 0 Å². The van der Waals surface area contributed by atoms with Crippen molar-refractivity contribution in [2.45, 2.75) is 20.3 Å². The Morgan fingerprint density at radius 3 is 2.70 bits per heavy atom. The largest absolute Gasteiger partial charge is 0.433 e. The molecule has 3 heteroatoms. The molecule has 0 fully saturated rings. The van der Waals surface area contributed by atoms with Crippen molar-refractivity contribution in [1.29, 1.82) is 5.26 Å². The molecule has 0 atom stereocenters. The Morgan fingerprint density at radius 2 is 2.40 bits per heavy atom. The summed E-state index contributed by atoms with van der Waals surface area (Å²) < 4.78 is 5.04. The van der Waals surface area contributed by atoms with Crippen molar-refractivity contribution in [3.63, 3.8) is 0 Å². The van der Waals surface area contributed by atoms with E-state index in [0.29, 0.717) is 0 Å². The number of hydrogen-bond donors (Lipinski definition) is 0. The van der Waals surface area contributed by atoms with E-state index in [9.17, 15) is 0 Å². The minimum atomic E-state index is 0.161. The fourth-order valence-electron chi connectivity index (χ4n) is 0.804. The van der Waals surface area contributed by atoms with E-state index < -0.39 is 0 Å². The molecule has 0 N–H and O–H groups in total. The quantitative estimate of drug-likeness (QED) is 0.586. The van der Waals surface area contributed by atoms with Crippen molar-refractivity contribution >= 4 is 0 Å². The number of aryl methyl sites for hydroxylation is 2. The van der Waals surface area contributed by atoms with Gasteiger partial charge < -0.3 is 4.42 Å². The predicted molar refractivity (Wildman–Crippen MR) is 35.3 cm³/mol. The topological polar surface area (TPSA) is 49.8 Å². The first kappa shape index (κ1) is 6.81. The van der Waals surface area contributed by atoms with E-state index in [4.69, 9.17) is 9.68 Å². The minimum Gasteiger partial charge on any atom is -0.433 e. The van der Waals surface area contributed by atoms with Crippen LogP contribution in [0.15, 0.2) is 4.42 Å². The van der Waals surface area contributed by atoms with E-state index in [0.717, 1.165) is 17.9 Å². The Balaban J connectivity index is 3.07. The fourth-order valence-corrected chi connectivity index (χ4v) is 0.804. The Bertz CT molecular complexity index is 270. The van der Waals surface area contributed by atoms with Gasteiger partial charge in [0.05, 0.1) is 5.69 Å². The van der Waals surface area contributed by atoms with Gasteiger partial charge in [-0.2, -0.15) is 5.26 Å². The summed E-state index contributed by atoms with van der Waals surface area (Å²) >= 11 is 0. The first-order valence-electron chi connectivity index (χ1n) is 3.14. The fraction of sp³-hybridized carbons (Fsp3) is 0.429. The molecule has 10 heavy (non-hydrogen) atoms. The Labute approximate surface area is 59.3 Å². The third-order valence-electron chi connectivity index (χ3n) is 1.31. The number of aromatic nitrogens is 1. The van der Waals surface area contributed by atoms with Gasteiger partial charge in [-0.1, -0.05) is 6.92 Å². The van der Waals surface area contributed by atoms with E-state index in [-0.39, 0.29) is 5.89 Å². The van der Waals surface area contributed by atoms with Crippen LogP contribution in [0.2, 0.25) is 0 Å². The SMILES string of the molecule is CCc1oc(C#N)nc1C. The highest BCUT2D eigenvalue weighted by Crippen LogP contribution is 2.08. The molecule has 1 heterocycles. The summed E-state index contributed by atoms with van der Waals surface area (Å²) in [5.41, 5.74) is 0.819. The molecule has 0 spiro atoms. The van der Waals surface area contributed by atoms with Crippen LogP contribution < -0.4 is 0 Å². The summed E-state index contributed by atoms with van der Waals surface area (Å²) in [6.07, 6.45) is 0.792. The van der Waals surface area contributed by atoms with Crippen LogP contribution in [-0.2, 0) is 6.42 Å². The summed E-state index contributed by atoms with van der Waals surface area (Å²) in [4.78, 5) is 3.87. The molecule has 0 unspecified atom stereocenters. The summed E-state index contributed by atoms with van der Waals surface area (Å²) in [5, 5.41) is 8.36. The van der Waals surface area contributed by atoms with Crippen LogP contribution in [0.3, 0.4) is 0 Å². The zero-order valence-electron chi connectivity index (χ0n) is 6.01. The zero-order chi connectivity index (χ0) is 7.56. The highest BCUT2D eigenvalue weighted by Gasteiger charge is 2.05. The van der Waals surface area contributed by atoms with Crippen LogP contribution in [0.25, 0.3) is 0 Å². The van der Waals surface area contributed by atoms with Crippen LogP contribution >= 0.6 is 0 Å². The lowest BCUT2D eigenvalue weighted by Gasteiger charge is -1.84. The standard InChI is InChI=1S/C7H8N2O/c1-3-6-5(2)9-7(4-8)10-6/h3H2,1-2H3. The molecule has 1 rings (SSSR count). The van der Waals surface area contributed by atoms with Crippen LogP contribution in [0, 0.1) is 18.3 Å². The lowest BCUT2D eigenvalue weighted by molar-refractivity contribution is 0.495. The molecule has 0 saturated heterocycles. The molecule has 0 aliphatic rings. The van der Waals surface area contributed by atoms with Crippen LogP contribution in [0.4, 0.5) is 0 Å². The van der Waals surface area contributed by atoms with E-state index >= 15 is 0 Å². The first-order valence-corrected chi connectivity index (χ1v) is 3.14. The monoisotopic (exact) mass is 136 g/mol. The summed E-state index contributed by atoms with van der Waals surface area (Å²) in [6.45, 7) is 3.80. The number of rotatable bonds is 1. The number of hydrogen-bond acceptors (Lipinski definition) is 3. The van der Waals surface area contributed by atoms with Crippen LogP contribution in [0.1, 0.15) is 24.3 Å². The normalized spacial score (nSPS) is 9.30. The van der Waals surface area contributed by atoms with Gasteiger partial charge in [-0.3, -0.25) is 0 Å². The summed E-state index contributed by atoms with van der Waals surface area (Å²) in [7, 11) is 0. The molecule has 0 saturated carbocycles. The number of nitriles is 1. The smallest absolute Gasteiger partial charge is 0.300 e. The van der Waals surface area contributed by atoms with Gasteiger partial charge in [0, 0.05) is 6.42 Å². The third kappa shape index (κ3) is 1.01. The summed E-state index contributed by atoms with van der Waals surface area (Å²) in [5.74, 6) is 0.964. The van der Waals surface area contributed by atoms with Gasteiger partial charge in [-0.25, -0.2) is 4.98 Å². The second-order valence-electron chi connectivity index (χ2n) is 1.99. The van der Waals surface area contributed by atoms with E-state index in [1.807, 2.05) is 19.9 Å². The van der Waals surface area contributed by atoms with E-state index in [2.05, 4.69) is 4.98 Å². The van der Waals surface area contributed by atoms with Gasteiger partial charge in [-0.05, 0) is 6.92 Å². The zero-order valence-corrected chi connectivity index (χ0v) is 6.01. The van der Waals surface area contributed by atoms with Crippen molar-refractivity contribution < 1.29 is 4.42 Å². The maximum Gasteiger partial charge on any atom is 0.300 e. The van der Waals surface area contributed by atoms with Gasteiger partial charge in [0.1, 0.15) is 5.76 Å². The molecule has 0 radical (unpaired) electrons. The maximum atomic E-state index is 8.36. The molecule has 1 aromatic heterocycles. The second kappa shape index (κ2) is 2.53. The second-order valence-corrected chi connectivity index (χ2v) is 1.99. The van der Waals surface area contributed by atoms with Gasteiger partial charge in [-0.15, -0.1) is 0 Å². The molecule has 0 bridgehead atoms. The van der Waals surface area contributed by atoms with Gasteiger partial charge in [0.2, 0.25) is 0 Å². The van der Waals surface area contributed by atoms with Crippen molar-refractivity contribution in [3.05, 3.63) is 17.3 Å². The molecule has 0 aliphatic heterocycles. The van der Waals surface area contributed by atoms with Gasteiger partial charge >= 0.3 is 5.89 Å². The molecule has 0 aromatic carbocycles. The summed E-state index contributed by atoms with van der Waals surface area (Å²) in [6, 6.07) is 1.84. The number of nitrogens with zero attached hydrogens (tertiary/aromatic N) is 2. The van der Waals surface area contributed by atoms with Gasteiger partial charge in [0.15, 0.2) is 6.07 Å². The van der Waals surface area contributed by atoms with E-state index in [1.165, 1.54) is 0 Å². The molecule has 0 amide bonds. The third-order valence-corrected chi connectivity index (χ3v) is 1.31. The molecular formula is C7H8N2O. The average Bonchev–Trinajstić information content (AvgIpc) is 2.30. The first-order chi connectivity index (χ1) is 4.77. The van der Waals surface area contributed by atoms with Crippen LogP contribution in [-0.4, -0.2) is 4.98 Å². The highest BCUT2D eigenvalue weighted by molar-refractivity contribution is 5.14. The number of oxazole rings is 1. The highest BCUT2D eigenvalue weighted by atomic mass is 16.4. The van der Waals surface area contributed by atoms with Crippen molar-refractivity contribution in [2.75, 3.05) is 0 Å². The Kier molecular flexibility index (Phi) is 1.72. The average molecular weight is 136 g/mol. The predicted octanol–water partition coefficient (Wildman–Crippen LogP) is 1.42. The Morgan fingerprint density at radius 1 is 1.70 bits per heavy atom. The van der Waals surface area contributed by atoms with Crippen molar-refractivity contribution in [1.82, 2.24) is 4.98 Å². The molecular weight excluding hydrogens is 128 g/mol. The van der Waals surface area contributed by atoms with Crippen molar-refractivity contribution in [3.8, 4) is 6.07 Å². The van der Waals surface area contributed by atoms with E-state index in [1.54, 1.807) is 0 Å².